The monoisotopic (exact) mass is 549 g/mol. The highest BCUT2D eigenvalue weighted by molar-refractivity contribution is 7.92. The predicted molar refractivity (Wildman–Crippen MR) is 121 cm³/mol. The second-order valence-electron chi connectivity index (χ2n) is 9.17. The number of sulfone groups is 1. The molecule has 2 aliphatic rings. The lowest BCUT2D eigenvalue weighted by Gasteiger charge is -2.31. The molecule has 0 saturated heterocycles. The molecule has 1 unspecified atom stereocenters. The van der Waals surface area contributed by atoms with E-state index in [9.17, 15) is 34.8 Å². The highest BCUT2D eigenvalue weighted by atomic mass is 32.2. The molecule has 0 spiro atoms. The van der Waals surface area contributed by atoms with Gasteiger partial charge in [-0.1, -0.05) is 12.8 Å². The number of alkyl halides is 3. The van der Waals surface area contributed by atoms with Gasteiger partial charge in [-0.15, -0.1) is 0 Å². The fourth-order valence-corrected chi connectivity index (χ4v) is 8.44. The quantitative estimate of drug-likeness (QED) is 0.561. The van der Waals surface area contributed by atoms with Gasteiger partial charge in [-0.3, -0.25) is 9.48 Å². The second-order valence-corrected chi connectivity index (χ2v) is 13.4. The zero-order valence-electron chi connectivity index (χ0n) is 19.4. The molecule has 1 aromatic carbocycles. The van der Waals surface area contributed by atoms with Crippen molar-refractivity contribution < 1.29 is 39.9 Å². The lowest BCUT2D eigenvalue weighted by molar-refractivity contribution is -0.138. The highest BCUT2D eigenvalue weighted by Crippen LogP contribution is 2.39. The second kappa shape index (κ2) is 9.45. The maximum absolute atomic E-state index is 13.7. The van der Waals surface area contributed by atoms with E-state index in [-0.39, 0.29) is 0 Å². The lowest BCUT2D eigenvalue weighted by atomic mass is 9.93. The van der Waals surface area contributed by atoms with Crippen molar-refractivity contribution in [1.29, 1.82) is 0 Å². The fourth-order valence-electron chi connectivity index (χ4n) is 5.01. The van der Waals surface area contributed by atoms with Crippen LogP contribution in [-0.2, 0) is 43.8 Å². The average molecular weight is 550 g/mol. The molecule has 1 heterocycles. The summed E-state index contributed by atoms with van der Waals surface area (Å²) in [6.07, 6.45) is -0.374. The number of halogens is 3. The standard InChI is InChI=1S/C22H26F3N3O6S2/c1-27(19-7-4-8-20-18(19)12-26-28(20)13-21(29)30)36(33,34)17-10-14(22(23,24)25)9-16(11-17)35(31,32)15-5-2-3-6-15/h9-12,15,19H,2-8,13H2,1H3,(H,29,30). The van der Waals surface area contributed by atoms with Crippen molar-refractivity contribution in [1.82, 2.24) is 14.1 Å². The number of rotatable bonds is 7. The van der Waals surface area contributed by atoms with Crippen LogP contribution in [0.1, 0.15) is 61.4 Å². The Kier molecular flexibility index (Phi) is 6.99. The Balaban J connectivity index is 1.77. The van der Waals surface area contributed by atoms with Crippen molar-refractivity contribution in [2.24, 2.45) is 0 Å². The van der Waals surface area contributed by atoms with Crippen molar-refractivity contribution in [2.45, 2.75) is 78.7 Å². The van der Waals surface area contributed by atoms with E-state index in [2.05, 4.69) is 5.10 Å². The Bertz CT molecular complexity index is 1380. The van der Waals surface area contributed by atoms with E-state index in [1.807, 2.05) is 0 Å². The van der Waals surface area contributed by atoms with Crippen molar-refractivity contribution in [2.75, 3.05) is 7.05 Å². The van der Waals surface area contributed by atoms with Crippen LogP contribution >= 0.6 is 0 Å². The number of nitrogens with zero attached hydrogens (tertiary/aromatic N) is 3. The number of aliphatic carboxylic acids is 1. The van der Waals surface area contributed by atoms with Gasteiger partial charge in [0.2, 0.25) is 10.0 Å². The molecule has 1 fully saturated rings. The van der Waals surface area contributed by atoms with Gasteiger partial charge in [-0.25, -0.2) is 16.8 Å². The molecule has 2 aromatic rings. The third-order valence-corrected chi connectivity index (χ3v) is 11.0. The SMILES string of the molecule is CN(C1CCCc2c1cnn2CC(=O)O)S(=O)(=O)c1cc(C(F)(F)F)cc(S(=O)(=O)C2CCCC2)c1. The molecule has 0 radical (unpaired) electrons. The maximum Gasteiger partial charge on any atom is 0.416 e. The Morgan fingerprint density at radius 3 is 2.33 bits per heavy atom. The molecule has 198 valence electrons. The van der Waals surface area contributed by atoms with Gasteiger partial charge in [0.25, 0.3) is 0 Å². The summed E-state index contributed by atoms with van der Waals surface area (Å²) in [5.41, 5.74) is -0.337. The summed E-state index contributed by atoms with van der Waals surface area (Å²) in [5, 5.41) is 12.3. The number of carbonyl (C=O) groups is 1. The zero-order valence-corrected chi connectivity index (χ0v) is 21.0. The lowest BCUT2D eigenvalue weighted by Crippen LogP contribution is -2.34. The number of aromatic nitrogens is 2. The third kappa shape index (κ3) is 4.90. The molecule has 14 heteroatoms. The fraction of sp³-hybridized carbons (Fsp3) is 0.545. The molecule has 9 nitrogen and oxygen atoms in total. The first kappa shape index (κ1) is 26.6. The molecule has 0 aliphatic heterocycles. The summed E-state index contributed by atoms with van der Waals surface area (Å²) >= 11 is 0. The molecule has 1 N–H and O–H groups in total. The summed E-state index contributed by atoms with van der Waals surface area (Å²) in [7, 11) is -7.51. The highest BCUT2D eigenvalue weighted by Gasteiger charge is 2.39. The topological polar surface area (TPSA) is 127 Å². The Morgan fingerprint density at radius 1 is 1.08 bits per heavy atom. The minimum atomic E-state index is -4.96. The Labute approximate surface area is 206 Å². The van der Waals surface area contributed by atoms with Crippen LogP contribution in [0.2, 0.25) is 0 Å². The van der Waals surface area contributed by atoms with Gasteiger partial charge in [0.15, 0.2) is 9.84 Å². The normalized spacial score (nSPS) is 19.5. The first-order valence-corrected chi connectivity index (χ1v) is 14.4. The van der Waals surface area contributed by atoms with Gasteiger partial charge in [-0.2, -0.15) is 22.6 Å². The van der Waals surface area contributed by atoms with E-state index in [4.69, 9.17) is 5.11 Å². The van der Waals surface area contributed by atoms with Crippen LogP contribution in [-0.4, -0.2) is 54.3 Å². The molecular formula is C22H26F3N3O6S2. The number of benzene rings is 1. The van der Waals surface area contributed by atoms with Crippen LogP contribution in [0.4, 0.5) is 13.2 Å². The van der Waals surface area contributed by atoms with Crippen molar-refractivity contribution in [3.63, 3.8) is 0 Å². The number of fused-ring (bicyclic) bond motifs is 1. The van der Waals surface area contributed by atoms with Crippen LogP contribution in [0.3, 0.4) is 0 Å². The maximum atomic E-state index is 13.7. The van der Waals surface area contributed by atoms with Gasteiger partial charge in [-0.05, 0) is 50.3 Å². The Hall–Kier alpha value is -2.45. The number of hydrogen-bond donors (Lipinski definition) is 1. The van der Waals surface area contributed by atoms with Crippen molar-refractivity contribution in [3.05, 3.63) is 41.2 Å². The van der Waals surface area contributed by atoms with Gasteiger partial charge >= 0.3 is 12.1 Å². The first-order chi connectivity index (χ1) is 16.7. The molecule has 1 aromatic heterocycles. The third-order valence-electron chi connectivity index (χ3n) is 6.91. The van der Waals surface area contributed by atoms with Crippen molar-refractivity contribution >= 4 is 25.8 Å². The van der Waals surface area contributed by atoms with E-state index in [1.54, 1.807) is 0 Å². The van der Waals surface area contributed by atoms with E-state index in [0.717, 1.165) is 10.4 Å². The van der Waals surface area contributed by atoms with E-state index in [1.165, 1.54) is 17.9 Å². The summed E-state index contributed by atoms with van der Waals surface area (Å²) in [6, 6.07) is 0.968. The molecule has 4 rings (SSSR count). The summed E-state index contributed by atoms with van der Waals surface area (Å²) in [4.78, 5) is 9.70. The average Bonchev–Trinajstić information content (AvgIpc) is 3.48. The number of carboxylic acid groups (broad SMARTS) is 1. The van der Waals surface area contributed by atoms with Crippen LogP contribution < -0.4 is 0 Å². The first-order valence-electron chi connectivity index (χ1n) is 11.4. The van der Waals surface area contributed by atoms with Crippen LogP contribution in [0.5, 0.6) is 0 Å². The largest absolute Gasteiger partial charge is 0.480 e. The van der Waals surface area contributed by atoms with Crippen molar-refractivity contribution in [3.8, 4) is 0 Å². The summed E-state index contributed by atoms with van der Waals surface area (Å²) < 4.78 is 96.5. The van der Waals surface area contributed by atoms with Gasteiger partial charge in [0.1, 0.15) is 6.54 Å². The van der Waals surface area contributed by atoms with E-state index >= 15 is 0 Å². The molecular weight excluding hydrogens is 523 g/mol. The molecule has 0 bridgehead atoms. The molecule has 1 saturated carbocycles. The van der Waals surface area contributed by atoms with E-state index in [0.29, 0.717) is 68.3 Å². The smallest absolute Gasteiger partial charge is 0.416 e. The number of hydrogen-bond acceptors (Lipinski definition) is 6. The predicted octanol–water partition coefficient (Wildman–Crippen LogP) is 3.40. The minimum absolute atomic E-state index is 0.311. The zero-order chi connectivity index (χ0) is 26.5. The summed E-state index contributed by atoms with van der Waals surface area (Å²) in [6.45, 7) is -0.408. The van der Waals surface area contributed by atoms with Gasteiger partial charge in [0, 0.05) is 18.3 Å². The van der Waals surface area contributed by atoms with Crippen LogP contribution in [0, 0.1) is 0 Å². The number of sulfonamides is 1. The molecule has 1 atom stereocenters. The van der Waals surface area contributed by atoms with Crippen LogP contribution in [0.25, 0.3) is 0 Å². The van der Waals surface area contributed by atoms with Gasteiger partial charge in [0.05, 0.1) is 32.8 Å². The molecule has 0 amide bonds. The van der Waals surface area contributed by atoms with E-state index < -0.39 is 65.2 Å². The number of carboxylic acids is 1. The Morgan fingerprint density at radius 2 is 1.72 bits per heavy atom. The minimum Gasteiger partial charge on any atom is -0.480 e. The van der Waals surface area contributed by atoms with Gasteiger partial charge < -0.3 is 5.11 Å². The van der Waals surface area contributed by atoms with Crippen LogP contribution in [0.15, 0.2) is 34.2 Å². The molecule has 2 aliphatic carbocycles. The molecule has 36 heavy (non-hydrogen) atoms. The summed E-state index contributed by atoms with van der Waals surface area (Å²) in [5.74, 6) is -1.12.